The Morgan fingerprint density at radius 2 is 1.77 bits per heavy atom. The number of amides is 4. The van der Waals surface area contributed by atoms with E-state index in [9.17, 15) is 24.0 Å². The second-order valence-electron chi connectivity index (χ2n) is 12.0. The molecule has 44 heavy (non-hydrogen) atoms. The quantitative estimate of drug-likeness (QED) is 0.335. The Labute approximate surface area is 264 Å². The minimum absolute atomic E-state index is 0.189. The Balaban J connectivity index is 1.71. The van der Waals surface area contributed by atoms with Gasteiger partial charge in [0.1, 0.15) is 30.0 Å². The first-order valence-electron chi connectivity index (χ1n) is 15.9. The highest BCUT2D eigenvalue weighted by molar-refractivity contribution is 6.36. The zero-order valence-electron chi connectivity index (χ0n) is 25.9. The van der Waals surface area contributed by atoms with E-state index in [2.05, 4.69) is 20.9 Å². The Hall–Kier alpha value is -3.53. The van der Waals surface area contributed by atoms with Gasteiger partial charge in [-0.25, -0.2) is 0 Å². The molecule has 0 saturated carbocycles. The Kier molecular flexibility index (Phi) is 11.7. The summed E-state index contributed by atoms with van der Waals surface area (Å²) in [5.41, 5.74) is 0.930. The van der Waals surface area contributed by atoms with Gasteiger partial charge in [-0.15, -0.1) is 0 Å². The third-order valence-corrected chi connectivity index (χ3v) is 9.36. The van der Waals surface area contributed by atoms with Gasteiger partial charge < -0.3 is 20.9 Å². The van der Waals surface area contributed by atoms with Gasteiger partial charge in [0, 0.05) is 36.5 Å². The van der Waals surface area contributed by atoms with E-state index in [0.29, 0.717) is 74.4 Å². The molecular weight excluding hydrogens is 582 g/mol. The van der Waals surface area contributed by atoms with E-state index in [1.807, 2.05) is 32.9 Å². The van der Waals surface area contributed by atoms with Gasteiger partial charge in [-0.1, -0.05) is 69.8 Å². The topological polar surface area (TPSA) is 138 Å². The molecule has 3 N–H and O–H groups in total. The van der Waals surface area contributed by atoms with Crippen LogP contribution < -0.4 is 16.0 Å². The molecule has 2 aliphatic heterocycles. The second-order valence-corrected chi connectivity index (χ2v) is 12.3. The number of unbranched alkanes of at least 4 members (excludes halogenated alkanes) is 2. The van der Waals surface area contributed by atoms with Gasteiger partial charge in [0.2, 0.25) is 23.6 Å². The van der Waals surface area contributed by atoms with E-state index < -0.39 is 36.0 Å². The molecule has 2 aromatic rings. The summed E-state index contributed by atoms with van der Waals surface area (Å²) in [5.74, 6) is -1.83. The number of ketones is 1. The number of para-hydroxylation sites is 1. The first kappa shape index (κ1) is 33.4. The van der Waals surface area contributed by atoms with E-state index in [1.165, 1.54) is 6.20 Å². The molecule has 2 aliphatic rings. The molecule has 11 heteroatoms. The van der Waals surface area contributed by atoms with Crippen molar-refractivity contribution >= 4 is 51.9 Å². The highest BCUT2D eigenvalue weighted by Gasteiger charge is 2.41. The van der Waals surface area contributed by atoms with Crippen LogP contribution in [0, 0.1) is 5.92 Å². The number of Topliss-reactive ketones (excluding diaryl/α,β-unsaturated/α-hetero) is 1. The van der Waals surface area contributed by atoms with Gasteiger partial charge in [0.05, 0.1) is 10.5 Å². The minimum atomic E-state index is -1.26. The van der Waals surface area contributed by atoms with Crippen molar-refractivity contribution in [2.45, 2.75) is 109 Å². The predicted molar refractivity (Wildman–Crippen MR) is 169 cm³/mol. The summed E-state index contributed by atoms with van der Waals surface area (Å²) in [5, 5.41) is 9.57. The van der Waals surface area contributed by atoms with Gasteiger partial charge >= 0.3 is 0 Å². The van der Waals surface area contributed by atoms with Gasteiger partial charge in [0.25, 0.3) is 0 Å². The molecule has 0 radical (unpaired) electrons. The SMILES string of the molecule is CCC(=O)CCCCC[C@@H]1NC(=O)[C@H]2CCCCN2C(=O)[C@H](C(C)CC)NC(=O)[C@@H](c2cnc3ccccc3c2Cl)NC1=O. The number of halogens is 1. The van der Waals surface area contributed by atoms with Gasteiger partial charge in [-0.05, 0) is 44.1 Å². The lowest BCUT2D eigenvalue weighted by Crippen LogP contribution is -2.62. The molecule has 5 atom stereocenters. The largest absolute Gasteiger partial charge is 0.343 e. The van der Waals surface area contributed by atoms with Crippen molar-refractivity contribution < 1.29 is 24.0 Å². The number of aromatic nitrogens is 1. The summed E-state index contributed by atoms with van der Waals surface area (Å²) < 4.78 is 0. The number of nitrogens with one attached hydrogen (secondary N) is 3. The zero-order chi connectivity index (χ0) is 31.8. The molecule has 1 aromatic heterocycles. The Bertz CT molecular complexity index is 1380. The molecule has 0 spiro atoms. The molecule has 1 aromatic carbocycles. The molecule has 0 bridgehead atoms. The van der Waals surface area contributed by atoms with E-state index in [-0.39, 0.29) is 28.5 Å². The predicted octanol–water partition coefficient (Wildman–Crippen LogP) is 4.39. The normalized spacial score (nSPS) is 24.0. The number of benzene rings is 1. The molecule has 2 fully saturated rings. The highest BCUT2D eigenvalue weighted by Crippen LogP contribution is 2.31. The fourth-order valence-electron chi connectivity index (χ4n) is 5.98. The summed E-state index contributed by atoms with van der Waals surface area (Å²) in [4.78, 5) is 73.5. The average Bonchev–Trinajstić information content (AvgIpc) is 3.04. The van der Waals surface area contributed by atoms with Crippen LogP contribution in [0.3, 0.4) is 0 Å². The van der Waals surface area contributed by atoms with Gasteiger partial charge in [0.15, 0.2) is 0 Å². The average molecular weight is 626 g/mol. The summed E-state index contributed by atoms with van der Waals surface area (Å²) in [6.07, 6.45) is 7.37. The minimum Gasteiger partial charge on any atom is -0.343 e. The van der Waals surface area contributed by atoms with Crippen molar-refractivity contribution in [3.8, 4) is 0 Å². The van der Waals surface area contributed by atoms with Crippen LogP contribution in [-0.4, -0.2) is 64.0 Å². The number of piperidine rings is 1. The van der Waals surface area contributed by atoms with E-state index >= 15 is 0 Å². The molecule has 238 valence electrons. The van der Waals surface area contributed by atoms with Crippen LogP contribution in [0.4, 0.5) is 0 Å². The van der Waals surface area contributed by atoms with E-state index in [0.717, 1.165) is 12.8 Å². The van der Waals surface area contributed by atoms with Crippen molar-refractivity contribution in [2.24, 2.45) is 5.92 Å². The summed E-state index contributed by atoms with van der Waals surface area (Å²) in [6.45, 7) is 6.05. The summed E-state index contributed by atoms with van der Waals surface area (Å²) >= 11 is 6.83. The molecular formula is C33H44ClN5O5. The van der Waals surface area contributed by atoms with E-state index in [4.69, 9.17) is 11.6 Å². The van der Waals surface area contributed by atoms with Gasteiger partial charge in [-0.2, -0.15) is 0 Å². The second kappa shape index (κ2) is 15.5. The molecule has 4 amide bonds. The van der Waals surface area contributed by atoms with Crippen molar-refractivity contribution in [1.29, 1.82) is 0 Å². The van der Waals surface area contributed by atoms with Crippen LogP contribution in [0.1, 0.15) is 96.6 Å². The lowest BCUT2D eigenvalue weighted by molar-refractivity contribution is -0.147. The number of pyridine rings is 1. The number of hydrogen-bond acceptors (Lipinski definition) is 6. The lowest BCUT2D eigenvalue weighted by Gasteiger charge is -2.39. The van der Waals surface area contributed by atoms with Crippen molar-refractivity contribution in [2.75, 3.05) is 6.54 Å². The first-order chi connectivity index (χ1) is 21.2. The smallest absolute Gasteiger partial charge is 0.248 e. The molecule has 3 heterocycles. The highest BCUT2D eigenvalue weighted by atomic mass is 35.5. The van der Waals surface area contributed by atoms with Crippen molar-refractivity contribution in [3.63, 3.8) is 0 Å². The molecule has 0 aliphatic carbocycles. The monoisotopic (exact) mass is 625 g/mol. The number of nitrogens with zero attached hydrogens (tertiary/aromatic N) is 2. The van der Waals surface area contributed by atoms with Crippen LogP contribution >= 0.6 is 11.6 Å². The van der Waals surface area contributed by atoms with Crippen LogP contribution in [-0.2, 0) is 24.0 Å². The maximum Gasteiger partial charge on any atom is 0.248 e. The van der Waals surface area contributed by atoms with Crippen LogP contribution in [0.15, 0.2) is 30.5 Å². The zero-order valence-corrected chi connectivity index (χ0v) is 26.6. The third kappa shape index (κ3) is 7.75. The number of hydrogen-bond donors (Lipinski definition) is 3. The summed E-state index contributed by atoms with van der Waals surface area (Å²) in [7, 11) is 0. The van der Waals surface area contributed by atoms with Crippen LogP contribution in [0.25, 0.3) is 10.9 Å². The molecule has 4 rings (SSSR count). The summed E-state index contributed by atoms with van der Waals surface area (Å²) in [6, 6.07) is 3.40. The third-order valence-electron chi connectivity index (χ3n) is 8.94. The maximum atomic E-state index is 14.1. The number of carbonyl (C=O) groups excluding carboxylic acids is 5. The number of carbonyl (C=O) groups is 5. The van der Waals surface area contributed by atoms with Crippen LogP contribution in [0.5, 0.6) is 0 Å². The Morgan fingerprint density at radius 1 is 1.00 bits per heavy atom. The fraction of sp³-hybridized carbons (Fsp3) is 0.576. The fourth-order valence-corrected chi connectivity index (χ4v) is 6.30. The standard InChI is InChI=1S/C33H44ClN5O5/c1-4-20(3)28-33(44)39-18-12-11-17-26(39)31(42)36-25(16-8-6-7-13-21(40)5-2)30(41)38-29(32(43)37-28)23-19-35-24-15-10-9-14-22(24)27(23)34/h9-10,14-15,19-20,25-26,28-29H,4-8,11-13,16-18H2,1-3H3,(H,36,42)(H,37,43)(H,38,41)/t20?,25-,26+,28-,29+/m0/s1. The maximum absolute atomic E-state index is 14.1. The lowest BCUT2D eigenvalue weighted by atomic mass is 9.93. The number of fused-ring (bicyclic) bond motifs is 2. The Morgan fingerprint density at radius 3 is 2.52 bits per heavy atom. The molecule has 10 nitrogen and oxygen atoms in total. The first-order valence-corrected chi connectivity index (χ1v) is 16.3. The van der Waals surface area contributed by atoms with Crippen LogP contribution in [0.2, 0.25) is 5.02 Å². The number of rotatable bonds is 10. The van der Waals surface area contributed by atoms with E-state index in [1.54, 1.807) is 17.0 Å². The van der Waals surface area contributed by atoms with Crippen molar-refractivity contribution in [3.05, 3.63) is 41.0 Å². The molecule has 1 unspecified atom stereocenters. The molecule has 2 saturated heterocycles. The van der Waals surface area contributed by atoms with Crippen molar-refractivity contribution in [1.82, 2.24) is 25.8 Å². The van der Waals surface area contributed by atoms with Gasteiger partial charge in [-0.3, -0.25) is 29.0 Å².